The van der Waals surface area contributed by atoms with Crippen molar-refractivity contribution in [1.29, 1.82) is 0 Å². The van der Waals surface area contributed by atoms with E-state index in [-0.39, 0.29) is 5.82 Å². The molecule has 3 aromatic rings. The number of aromatic nitrogens is 4. The van der Waals surface area contributed by atoms with Gasteiger partial charge in [0.15, 0.2) is 0 Å². The number of nitrogens with zero attached hydrogens (tertiary/aromatic N) is 4. The van der Waals surface area contributed by atoms with Crippen molar-refractivity contribution in [3.63, 3.8) is 0 Å². The summed E-state index contributed by atoms with van der Waals surface area (Å²) in [6.07, 6.45) is 1.47. The highest BCUT2D eigenvalue weighted by Gasteiger charge is 2.51. The number of rotatable bonds is 3. The number of halogens is 3. The van der Waals surface area contributed by atoms with Crippen molar-refractivity contribution in [2.24, 2.45) is 0 Å². The summed E-state index contributed by atoms with van der Waals surface area (Å²) in [5.41, 5.74) is -0.340. The van der Waals surface area contributed by atoms with E-state index in [0.717, 1.165) is 12.1 Å². The first-order valence-electron chi connectivity index (χ1n) is 7.27. The topological polar surface area (TPSA) is 64.7 Å². The van der Waals surface area contributed by atoms with Crippen LogP contribution in [0.5, 0.6) is 0 Å². The number of hydrogen-bond acceptors (Lipinski definition) is 5. The highest BCUT2D eigenvalue weighted by atomic mass is 19.4. The average molecular weight is 332 g/mol. The van der Waals surface area contributed by atoms with E-state index in [9.17, 15) is 13.2 Å². The third-order valence-corrected chi connectivity index (χ3v) is 4.12. The quantitative estimate of drug-likeness (QED) is 0.733. The molecule has 8 heteroatoms. The second kappa shape index (κ2) is 5.12. The van der Waals surface area contributed by atoms with Crippen LogP contribution in [0.4, 0.5) is 13.2 Å². The van der Waals surface area contributed by atoms with Gasteiger partial charge in [0.25, 0.3) is 0 Å². The second-order valence-corrected chi connectivity index (χ2v) is 5.67. The maximum absolute atomic E-state index is 12.9. The predicted octanol–water partition coefficient (Wildman–Crippen LogP) is 3.63. The molecule has 1 aliphatic carbocycles. The van der Waals surface area contributed by atoms with Crippen LogP contribution in [-0.4, -0.2) is 20.1 Å². The van der Waals surface area contributed by atoms with Crippen LogP contribution in [0.25, 0.3) is 11.5 Å². The van der Waals surface area contributed by atoms with Crippen molar-refractivity contribution < 1.29 is 17.7 Å². The Bertz CT molecular complexity index is 872. The van der Waals surface area contributed by atoms with E-state index in [2.05, 4.69) is 20.1 Å². The Morgan fingerprint density at radius 3 is 2.62 bits per heavy atom. The fraction of sp³-hybridized carbons (Fsp3) is 0.250. The zero-order valence-electron chi connectivity index (χ0n) is 12.3. The van der Waals surface area contributed by atoms with Gasteiger partial charge in [0.1, 0.15) is 5.69 Å². The SMILES string of the molecule is FC(F)(F)c1cccc(C2(c3nc(-c4cnccn4)no3)CC2)c1. The van der Waals surface area contributed by atoms with Gasteiger partial charge in [-0.3, -0.25) is 4.98 Å². The van der Waals surface area contributed by atoms with Crippen molar-refractivity contribution in [2.45, 2.75) is 24.4 Å². The third-order valence-electron chi connectivity index (χ3n) is 4.12. The normalized spacial score (nSPS) is 16.1. The van der Waals surface area contributed by atoms with Crippen LogP contribution in [0.2, 0.25) is 0 Å². The molecule has 2 heterocycles. The summed E-state index contributed by atoms with van der Waals surface area (Å²) in [7, 11) is 0. The van der Waals surface area contributed by atoms with E-state index in [0.29, 0.717) is 30.0 Å². The highest BCUT2D eigenvalue weighted by molar-refractivity contribution is 5.48. The number of hydrogen-bond donors (Lipinski definition) is 0. The minimum Gasteiger partial charge on any atom is -0.338 e. The van der Waals surface area contributed by atoms with E-state index in [1.54, 1.807) is 6.07 Å². The molecule has 1 aliphatic rings. The molecule has 0 aliphatic heterocycles. The Morgan fingerprint density at radius 2 is 1.96 bits per heavy atom. The molecule has 0 saturated heterocycles. The Kier molecular flexibility index (Phi) is 3.16. The monoisotopic (exact) mass is 332 g/mol. The summed E-state index contributed by atoms with van der Waals surface area (Å²) in [6.45, 7) is 0. The third kappa shape index (κ3) is 2.44. The fourth-order valence-electron chi connectivity index (χ4n) is 2.68. The van der Waals surface area contributed by atoms with Crippen LogP contribution < -0.4 is 0 Å². The zero-order valence-corrected chi connectivity index (χ0v) is 12.3. The Labute approximate surface area is 134 Å². The van der Waals surface area contributed by atoms with Crippen LogP contribution in [-0.2, 0) is 11.6 Å². The van der Waals surface area contributed by atoms with E-state index >= 15 is 0 Å². The van der Waals surface area contributed by atoms with E-state index in [4.69, 9.17) is 4.52 Å². The van der Waals surface area contributed by atoms with E-state index < -0.39 is 17.2 Å². The summed E-state index contributed by atoms with van der Waals surface area (Å²) in [5.74, 6) is 0.582. The van der Waals surface area contributed by atoms with Gasteiger partial charge < -0.3 is 4.52 Å². The molecule has 0 N–H and O–H groups in total. The summed E-state index contributed by atoms with van der Waals surface area (Å²) < 4.78 is 44.1. The van der Waals surface area contributed by atoms with Crippen molar-refractivity contribution in [3.05, 3.63) is 59.9 Å². The molecule has 1 saturated carbocycles. The maximum atomic E-state index is 12.9. The van der Waals surface area contributed by atoms with Gasteiger partial charge >= 0.3 is 6.18 Å². The fourth-order valence-corrected chi connectivity index (χ4v) is 2.68. The standard InChI is InChI=1S/C16H11F3N4O/c17-16(18,19)11-3-1-2-10(8-11)15(4-5-15)14-22-13(23-24-14)12-9-20-6-7-21-12/h1-3,6-9H,4-5H2. The van der Waals surface area contributed by atoms with E-state index in [1.807, 2.05) is 0 Å². The molecular formula is C16H11F3N4O. The average Bonchev–Trinajstić information content (AvgIpc) is 3.25. The molecule has 24 heavy (non-hydrogen) atoms. The molecule has 4 rings (SSSR count). The molecule has 0 atom stereocenters. The Morgan fingerprint density at radius 1 is 1.12 bits per heavy atom. The van der Waals surface area contributed by atoms with Gasteiger partial charge in [-0.2, -0.15) is 18.2 Å². The van der Waals surface area contributed by atoms with Crippen molar-refractivity contribution in [3.8, 4) is 11.5 Å². The summed E-state index contributed by atoms with van der Waals surface area (Å²) in [5, 5.41) is 3.88. The van der Waals surface area contributed by atoms with Gasteiger partial charge in [-0.25, -0.2) is 4.98 Å². The molecule has 5 nitrogen and oxygen atoms in total. The molecule has 122 valence electrons. The lowest BCUT2D eigenvalue weighted by molar-refractivity contribution is -0.137. The maximum Gasteiger partial charge on any atom is 0.416 e. The van der Waals surface area contributed by atoms with Crippen molar-refractivity contribution in [2.75, 3.05) is 0 Å². The Hall–Kier alpha value is -2.77. The summed E-state index contributed by atoms with van der Waals surface area (Å²) in [4.78, 5) is 12.3. The van der Waals surface area contributed by atoms with Gasteiger partial charge in [0.05, 0.1) is 17.2 Å². The highest BCUT2D eigenvalue weighted by Crippen LogP contribution is 2.53. The van der Waals surface area contributed by atoms with Crippen molar-refractivity contribution in [1.82, 2.24) is 20.1 Å². The summed E-state index contributed by atoms with van der Waals surface area (Å²) in [6, 6.07) is 5.27. The first kappa shape index (κ1) is 14.8. The van der Waals surface area contributed by atoms with Gasteiger partial charge in [-0.05, 0) is 24.5 Å². The van der Waals surface area contributed by atoms with Gasteiger partial charge in [-0.15, -0.1) is 0 Å². The van der Waals surface area contributed by atoms with Crippen LogP contribution >= 0.6 is 0 Å². The lowest BCUT2D eigenvalue weighted by atomic mass is 9.94. The number of benzene rings is 1. The molecule has 0 radical (unpaired) electrons. The molecule has 1 aromatic carbocycles. The summed E-state index contributed by atoms with van der Waals surface area (Å²) >= 11 is 0. The molecule has 0 unspecified atom stereocenters. The lowest BCUT2D eigenvalue weighted by Crippen LogP contribution is -2.12. The van der Waals surface area contributed by atoms with Gasteiger partial charge in [0.2, 0.25) is 11.7 Å². The zero-order chi connectivity index (χ0) is 16.8. The molecule has 1 fully saturated rings. The number of alkyl halides is 3. The largest absolute Gasteiger partial charge is 0.416 e. The minimum atomic E-state index is -4.38. The first-order valence-corrected chi connectivity index (χ1v) is 7.27. The molecular weight excluding hydrogens is 321 g/mol. The smallest absolute Gasteiger partial charge is 0.338 e. The first-order chi connectivity index (χ1) is 11.5. The Balaban J connectivity index is 1.71. The molecule has 0 bridgehead atoms. The van der Waals surface area contributed by atoms with Crippen LogP contribution in [0, 0.1) is 0 Å². The van der Waals surface area contributed by atoms with Crippen LogP contribution in [0.1, 0.15) is 29.9 Å². The van der Waals surface area contributed by atoms with Gasteiger partial charge in [-0.1, -0.05) is 23.4 Å². The van der Waals surface area contributed by atoms with Gasteiger partial charge in [0, 0.05) is 12.4 Å². The minimum absolute atomic E-state index is 0.274. The predicted molar refractivity (Wildman–Crippen MR) is 76.8 cm³/mol. The molecule has 0 spiro atoms. The molecule has 0 amide bonds. The second-order valence-electron chi connectivity index (χ2n) is 5.67. The molecule has 2 aromatic heterocycles. The van der Waals surface area contributed by atoms with Crippen molar-refractivity contribution >= 4 is 0 Å². The lowest BCUT2D eigenvalue weighted by Gasteiger charge is -2.13. The van der Waals surface area contributed by atoms with E-state index in [1.165, 1.54) is 24.7 Å². The van der Waals surface area contributed by atoms with Crippen LogP contribution in [0.3, 0.4) is 0 Å². The van der Waals surface area contributed by atoms with Crippen LogP contribution in [0.15, 0.2) is 47.4 Å².